The van der Waals surface area contributed by atoms with Crippen LogP contribution >= 0.6 is 0 Å². The van der Waals surface area contributed by atoms with E-state index in [1.165, 1.54) is 0 Å². The quantitative estimate of drug-likeness (QED) is 0.710. The molecule has 4 heteroatoms. The molecule has 1 aromatic heterocycles. The molecule has 0 aliphatic carbocycles. The molecule has 4 nitrogen and oxygen atoms in total. The van der Waals surface area contributed by atoms with Crippen LogP contribution < -0.4 is 5.32 Å². The number of ketones is 1. The van der Waals surface area contributed by atoms with E-state index in [0.29, 0.717) is 12.1 Å². The Morgan fingerprint density at radius 2 is 1.91 bits per heavy atom. The Bertz CT molecular complexity index is 798. The number of carbonyl (C=O) groups excluding carboxylic acids is 1. The number of aliphatic hydroxyl groups is 1. The summed E-state index contributed by atoms with van der Waals surface area (Å²) in [5.74, 6) is -0.264. The van der Waals surface area contributed by atoms with Gasteiger partial charge in [-0.15, -0.1) is 0 Å². The summed E-state index contributed by atoms with van der Waals surface area (Å²) < 4.78 is 0. The van der Waals surface area contributed by atoms with Crippen LogP contribution in [0, 0.1) is 0 Å². The fourth-order valence-corrected chi connectivity index (χ4v) is 2.28. The Kier molecular flexibility index (Phi) is 4.12. The highest BCUT2D eigenvalue weighted by atomic mass is 16.3. The van der Waals surface area contributed by atoms with Gasteiger partial charge in [0.25, 0.3) is 0 Å². The van der Waals surface area contributed by atoms with Gasteiger partial charge in [-0.2, -0.15) is 0 Å². The molecule has 0 bridgehead atoms. The molecule has 0 radical (unpaired) electrons. The third-order valence-electron chi connectivity index (χ3n) is 3.52. The molecule has 0 fully saturated rings. The minimum atomic E-state index is -0.457. The Balaban J connectivity index is 1.69. The van der Waals surface area contributed by atoms with E-state index in [2.05, 4.69) is 10.3 Å². The third kappa shape index (κ3) is 3.13. The topological polar surface area (TPSA) is 62.2 Å². The maximum absolute atomic E-state index is 11.4. The Labute approximate surface area is 128 Å². The summed E-state index contributed by atoms with van der Waals surface area (Å²) in [4.78, 5) is 15.7. The highest BCUT2D eigenvalue weighted by Crippen LogP contribution is 2.17. The van der Waals surface area contributed by atoms with E-state index >= 15 is 0 Å². The lowest BCUT2D eigenvalue weighted by atomic mass is 10.1. The number of fused-ring (bicyclic) bond motifs is 1. The van der Waals surface area contributed by atoms with E-state index in [9.17, 15) is 4.79 Å². The normalized spacial score (nSPS) is 10.6. The van der Waals surface area contributed by atoms with Gasteiger partial charge >= 0.3 is 0 Å². The van der Waals surface area contributed by atoms with Crippen molar-refractivity contribution in [2.45, 2.75) is 6.54 Å². The Morgan fingerprint density at radius 1 is 1.09 bits per heavy atom. The summed E-state index contributed by atoms with van der Waals surface area (Å²) in [6.45, 7) is 0.202. The minimum Gasteiger partial charge on any atom is -0.388 e. The largest absolute Gasteiger partial charge is 0.388 e. The van der Waals surface area contributed by atoms with Crippen LogP contribution in [0.2, 0.25) is 0 Å². The molecule has 22 heavy (non-hydrogen) atoms. The van der Waals surface area contributed by atoms with E-state index in [-0.39, 0.29) is 5.78 Å². The van der Waals surface area contributed by atoms with E-state index in [0.717, 1.165) is 22.2 Å². The standard InChI is InChI=1S/C18H16N2O2/c21-12-18(22)15-5-3-13(4-6-15)11-20-16-8-7-14-2-1-9-19-17(14)10-16/h1-10,20-21H,11-12H2. The van der Waals surface area contributed by atoms with E-state index in [1.807, 2.05) is 42.5 Å². The number of nitrogens with one attached hydrogen (secondary N) is 1. The highest BCUT2D eigenvalue weighted by molar-refractivity contribution is 5.96. The van der Waals surface area contributed by atoms with Crippen LogP contribution in [0.3, 0.4) is 0 Å². The molecule has 110 valence electrons. The zero-order valence-electron chi connectivity index (χ0n) is 12.0. The summed E-state index contributed by atoms with van der Waals surface area (Å²) in [5, 5.41) is 13.3. The van der Waals surface area contributed by atoms with Gasteiger partial charge in [-0.3, -0.25) is 9.78 Å². The van der Waals surface area contributed by atoms with Gasteiger partial charge in [0.2, 0.25) is 0 Å². The van der Waals surface area contributed by atoms with Gasteiger partial charge in [-0.25, -0.2) is 0 Å². The summed E-state index contributed by atoms with van der Waals surface area (Å²) >= 11 is 0. The van der Waals surface area contributed by atoms with Gasteiger partial charge in [0.05, 0.1) is 5.52 Å². The lowest BCUT2D eigenvalue weighted by molar-refractivity contribution is 0.0903. The zero-order chi connectivity index (χ0) is 15.4. The Morgan fingerprint density at radius 3 is 2.68 bits per heavy atom. The molecule has 0 amide bonds. The second-order valence-corrected chi connectivity index (χ2v) is 5.04. The summed E-state index contributed by atoms with van der Waals surface area (Å²) in [5.41, 5.74) is 3.55. The van der Waals surface area contributed by atoms with Crippen LogP contribution in [0.1, 0.15) is 15.9 Å². The first-order chi connectivity index (χ1) is 10.8. The molecular formula is C18H16N2O2. The Hall–Kier alpha value is -2.72. The number of aromatic nitrogens is 1. The van der Waals surface area contributed by atoms with Gasteiger partial charge < -0.3 is 10.4 Å². The molecule has 0 aliphatic heterocycles. The monoisotopic (exact) mass is 292 g/mol. The molecule has 0 saturated carbocycles. The number of aliphatic hydroxyl groups excluding tert-OH is 1. The van der Waals surface area contributed by atoms with Crippen molar-refractivity contribution in [1.82, 2.24) is 4.98 Å². The minimum absolute atomic E-state index is 0.264. The average Bonchev–Trinajstić information content (AvgIpc) is 2.59. The molecule has 0 aliphatic rings. The number of anilines is 1. The highest BCUT2D eigenvalue weighted by Gasteiger charge is 2.03. The lowest BCUT2D eigenvalue weighted by Crippen LogP contribution is -2.05. The predicted octanol–water partition coefficient (Wildman–Crippen LogP) is 3.02. The maximum atomic E-state index is 11.4. The molecular weight excluding hydrogens is 276 g/mol. The van der Waals surface area contributed by atoms with Crippen molar-refractivity contribution < 1.29 is 9.90 Å². The summed E-state index contributed by atoms with van der Waals surface area (Å²) in [7, 11) is 0. The average molecular weight is 292 g/mol. The number of pyridine rings is 1. The zero-order valence-corrected chi connectivity index (χ0v) is 12.0. The van der Waals surface area contributed by atoms with Crippen LogP contribution in [-0.4, -0.2) is 22.5 Å². The molecule has 2 N–H and O–H groups in total. The molecule has 0 saturated heterocycles. The number of benzene rings is 2. The third-order valence-corrected chi connectivity index (χ3v) is 3.52. The smallest absolute Gasteiger partial charge is 0.188 e. The van der Waals surface area contributed by atoms with Crippen molar-refractivity contribution in [3.05, 3.63) is 71.9 Å². The van der Waals surface area contributed by atoms with Gasteiger partial charge in [0.1, 0.15) is 6.61 Å². The van der Waals surface area contributed by atoms with Crippen LogP contribution in [-0.2, 0) is 6.54 Å². The number of nitrogens with zero attached hydrogens (tertiary/aromatic N) is 1. The second-order valence-electron chi connectivity index (χ2n) is 5.04. The first-order valence-corrected chi connectivity index (χ1v) is 7.08. The molecule has 1 heterocycles. The number of carbonyl (C=O) groups is 1. The molecule has 2 aromatic carbocycles. The molecule has 3 rings (SSSR count). The van der Waals surface area contributed by atoms with Crippen molar-refractivity contribution in [2.75, 3.05) is 11.9 Å². The number of Topliss-reactive ketones (excluding diaryl/α,β-unsaturated/α-hetero) is 1. The van der Waals surface area contributed by atoms with Crippen LogP contribution in [0.5, 0.6) is 0 Å². The van der Waals surface area contributed by atoms with Gasteiger partial charge in [-0.05, 0) is 23.8 Å². The van der Waals surface area contributed by atoms with Gasteiger partial charge in [0.15, 0.2) is 5.78 Å². The van der Waals surface area contributed by atoms with E-state index in [4.69, 9.17) is 5.11 Å². The van der Waals surface area contributed by atoms with Crippen LogP contribution in [0.25, 0.3) is 10.9 Å². The van der Waals surface area contributed by atoms with Crippen molar-refractivity contribution in [3.63, 3.8) is 0 Å². The molecule has 0 atom stereocenters. The van der Waals surface area contributed by atoms with Crippen LogP contribution in [0.15, 0.2) is 60.8 Å². The van der Waals surface area contributed by atoms with Crippen LogP contribution in [0.4, 0.5) is 5.69 Å². The number of hydrogen-bond donors (Lipinski definition) is 2. The molecule has 0 unspecified atom stereocenters. The van der Waals surface area contributed by atoms with Gasteiger partial charge in [-0.1, -0.05) is 36.4 Å². The maximum Gasteiger partial charge on any atom is 0.188 e. The molecule has 3 aromatic rings. The lowest BCUT2D eigenvalue weighted by Gasteiger charge is -2.08. The van der Waals surface area contributed by atoms with Gasteiger partial charge in [0, 0.05) is 29.4 Å². The second kappa shape index (κ2) is 6.37. The first-order valence-electron chi connectivity index (χ1n) is 7.08. The van der Waals surface area contributed by atoms with Crippen molar-refractivity contribution in [1.29, 1.82) is 0 Å². The molecule has 0 spiro atoms. The SMILES string of the molecule is O=C(CO)c1ccc(CNc2ccc3cccnc3c2)cc1. The first kappa shape index (κ1) is 14.2. The van der Waals surface area contributed by atoms with E-state index < -0.39 is 6.61 Å². The summed E-state index contributed by atoms with van der Waals surface area (Å²) in [6.07, 6.45) is 1.78. The van der Waals surface area contributed by atoms with E-state index in [1.54, 1.807) is 18.3 Å². The summed E-state index contributed by atoms with van der Waals surface area (Å²) in [6, 6.07) is 17.3. The van der Waals surface area contributed by atoms with Crippen molar-refractivity contribution >= 4 is 22.4 Å². The van der Waals surface area contributed by atoms with Crippen molar-refractivity contribution in [2.24, 2.45) is 0 Å². The fraction of sp³-hybridized carbons (Fsp3) is 0.111. The number of rotatable bonds is 5. The number of hydrogen-bond acceptors (Lipinski definition) is 4. The fourth-order valence-electron chi connectivity index (χ4n) is 2.28. The predicted molar refractivity (Wildman–Crippen MR) is 86.9 cm³/mol. The van der Waals surface area contributed by atoms with Crippen molar-refractivity contribution in [3.8, 4) is 0 Å².